The van der Waals surface area contributed by atoms with E-state index < -0.39 is 0 Å². The minimum Gasteiger partial charge on any atom is -0.462 e. The molecule has 0 unspecified atom stereocenters. The van der Waals surface area contributed by atoms with Gasteiger partial charge in [-0.15, -0.1) is 0 Å². The summed E-state index contributed by atoms with van der Waals surface area (Å²) in [6.07, 6.45) is 53.9. The molecule has 0 fully saturated rings. The standard InChI is InChI=1S/C44H81NO2/c1-5-7-9-11-13-15-17-19-21-23-25-27-29-31-33-35-39-43(47-44(46)41-37-38-42-45(3)4)40-36-34-32-30-28-26-24-22-20-18-16-14-12-10-8-6-2/h13-16,19-22,43H,5-12,17-18,23-42H2,1-4H3. The van der Waals surface area contributed by atoms with E-state index in [9.17, 15) is 4.79 Å². The van der Waals surface area contributed by atoms with E-state index in [0.29, 0.717) is 6.42 Å². The Hall–Kier alpha value is -1.61. The number of carbonyl (C=O) groups is 1. The van der Waals surface area contributed by atoms with Gasteiger partial charge in [0.1, 0.15) is 6.10 Å². The molecule has 3 nitrogen and oxygen atoms in total. The molecule has 0 saturated carbocycles. The van der Waals surface area contributed by atoms with Crippen LogP contribution >= 0.6 is 0 Å². The van der Waals surface area contributed by atoms with E-state index in [1.165, 1.54) is 141 Å². The van der Waals surface area contributed by atoms with Gasteiger partial charge in [-0.05, 0) is 123 Å². The molecule has 0 atom stereocenters. The van der Waals surface area contributed by atoms with Gasteiger partial charge in [-0.3, -0.25) is 4.79 Å². The third-order valence-corrected chi connectivity index (χ3v) is 8.99. The lowest BCUT2D eigenvalue weighted by atomic mass is 10.0. The zero-order valence-corrected chi connectivity index (χ0v) is 32.2. The summed E-state index contributed by atoms with van der Waals surface area (Å²) >= 11 is 0. The number of carbonyl (C=O) groups excluding carboxylic acids is 1. The van der Waals surface area contributed by atoms with E-state index in [-0.39, 0.29) is 12.1 Å². The van der Waals surface area contributed by atoms with Gasteiger partial charge in [0.15, 0.2) is 0 Å². The van der Waals surface area contributed by atoms with E-state index >= 15 is 0 Å². The maximum absolute atomic E-state index is 12.6. The summed E-state index contributed by atoms with van der Waals surface area (Å²) < 4.78 is 6.03. The van der Waals surface area contributed by atoms with Crippen LogP contribution in [-0.4, -0.2) is 37.6 Å². The van der Waals surface area contributed by atoms with Crippen LogP contribution in [-0.2, 0) is 9.53 Å². The molecule has 0 amide bonds. The molecular formula is C44H81NO2. The number of allylic oxidation sites excluding steroid dienone is 8. The SMILES string of the molecule is CCCCCC=CCC=CCCCCCCCCC(CCCCCCCCC=CCC=CCCCCC)OC(=O)CCCCN(C)C. The molecule has 0 radical (unpaired) electrons. The molecule has 0 aromatic carbocycles. The molecular weight excluding hydrogens is 574 g/mol. The Kier molecular flexibility index (Phi) is 37.5. The highest BCUT2D eigenvalue weighted by Gasteiger charge is 2.14. The van der Waals surface area contributed by atoms with Crippen molar-refractivity contribution in [2.75, 3.05) is 20.6 Å². The van der Waals surface area contributed by atoms with Crippen LogP contribution in [0.15, 0.2) is 48.6 Å². The van der Waals surface area contributed by atoms with Crippen molar-refractivity contribution in [3.63, 3.8) is 0 Å². The predicted octanol–water partition coefficient (Wildman–Crippen LogP) is 14.0. The Labute approximate surface area is 295 Å². The van der Waals surface area contributed by atoms with Gasteiger partial charge in [-0.1, -0.05) is 140 Å². The summed E-state index contributed by atoms with van der Waals surface area (Å²) in [7, 11) is 4.18. The molecule has 0 aromatic heterocycles. The summed E-state index contributed by atoms with van der Waals surface area (Å²) in [5.74, 6) is 0.0221. The van der Waals surface area contributed by atoms with E-state index in [4.69, 9.17) is 4.74 Å². The number of unbranched alkanes of at least 4 members (excludes halogenated alkanes) is 19. The first-order valence-corrected chi connectivity index (χ1v) is 20.5. The zero-order chi connectivity index (χ0) is 34.3. The second-order valence-corrected chi connectivity index (χ2v) is 14.1. The minimum absolute atomic E-state index is 0.0221. The average Bonchev–Trinajstić information content (AvgIpc) is 3.06. The van der Waals surface area contributed by atoms with Gasteiger partial charge in [0.2, 0.25) is 0 Å². The predicted molar refractivity (Wildman–Crippen MR) is 210 cm³/mol. The lowest BCUT2D eigenvalue weighted by Crippen LogP contribution is -2.19. The molecule has 0 spiro atoms. The van der Waals surface area contributed by atoms with Crippen molar-refractivity contribution in [1.82, 2.24) is 4.90 Å². The highest BCUT2D eigenvalue weighted by Crippen LogP contribution is 2.18. The number of hydrogen-bond acceptors (Lipinski definition) is 3. The van der Waals surface area contributed by atoms with Crippen LogP contribution in [0.5, 0.6) is 0 Å². The molecule has 0 aliphatic rings. The first kappa shape index (κ1) is 45.4. The van der Waals surface area contributed by atoms with Crippen molar-refractivity contribution in [3.05, 3.63) is 48.6 Å². The Balaban J connectivity index is 4.06. The van der Waals surface area contributed by atoms with E-state index in [1.807, 2.05) is 0 Å². The summed E-state index contributed by atoms with van der Waals surface area (Å²) in [5.41, 5.74) is 0. The smallest absolute Gasteiger partial charge is 0.306 e. The fourth-order valence-electron chi connectivity index (χ4n) is 5.92. The third kappa shape index (κ3) is 38.7. The van der Waals surface area contributed by atoms with Crippen molar-refractivity contribution in [3.8, 4) is 0 Å². The summed E-state index contributed by atoms with van der Waals surface area (Å²) in [5, 5.41) is 0. The molecule has 47 heavy (non-hydrogen) atoms. The van der Waals surface area contributed by atoms with E-state index in [1.54, 1.807) is 0 Å². The largest absolute Gasteiger partial charge is 0.462 e. The Morgan fingerprint density at radius 2 is 0.872 bits per heavy atom. The number of rotatable bonds is 36. The van der Waals surface area contributed by atoms with Gasteiger partial charge in [0.25, 0.3) is 0 Å². The highest BCUT2D eigenvalue weighted by atomic mass is 16.5. The van der Waals surface area contributed by atoms with Crippen LogP contribution in [0.4, 0.5) is 0 Å². The lowest BCUT2D eigenvalue weighted by Gasteiger charge is -2.18. The number of hydrogen-bond donors (Lipinski definition) is 0. The molecule has 0 aromatic rings. The van der Waals surface area contributed by atoms with Gasteiger partial charge >= 0.3 is 5.97 Å². The van der Waals surface area contributed by atoms with Gasteiger partial charge in [0, 0.05) is 6.42 Å². The molecule has 0 heterocycles. The molecule has 0 rings (SSSR count). The monoisotopic (exact) mass is 656 g/mol. The topological polar surface area (TPSA) is 29.5 Å². The molecule has 3 heteroatoms. The average molecular weight is 656 g/mol. The summed E-state index contributed by atoms with van der Waals surface area (Å²) in [6, 6.07) is 0. The Bertz CT molecular complexity index is 702. The fourth-order valence-corrected chi connectivity index (χ4v) is 5.92. The first-order valence-electron chi connectivity index (χ1n) is 20.5. The van der Waals surface area contributed by atoms with Gasteiger partial charge < -0.3 is 9.64 Å². The van der Waals surface area contributed by atoms with Gasteiger partial charge in [-0.2, -0.15) is 0 Å². The number of ether oxygens (including phenoxy) is 1. The van der Waals surface area contributed by atoms with Gasteiger partial charge in [0.05, 0.1) is 0 Å². The molecule has 0 aliphatic heterocycles. The van der Waals surface area contributed by atoms with Crippen LogP contribution in [0, 0.1) is 0 Å². The molecule has 274 valence electrons. The normalized spacial score (nSPS) is 13.0. The number of nitrogens with zero attached hydrogens (tertiary/aromatic N) is 1. The highest BCUT2D eigenvalue weighted by molar-refractivity contribution is 5.69. The second kappa shape index (κ2) is 38.8. The zero-order valence-electron chi connectivity index (χ0n) is 32.2. The van der Waals surface area contributed by atoms with Crippen LogP contribution in [0.1, 0.15) is 200 Å². The van der Waals surface area contributed by atoms with E-state index in [0.717, 1.165) is 45.1 Å². The van der Waals surface area contributed by atoms with Crippen LogP contribution in [0.25, 0.3) is 0 Å². The summed E-state index contributed by atoms with van der Waals surface area (Å²) in [6.45, 7) is 5.56. The fraction of sp³-hybridized carbons (Fsp3) is 0.795. The van der Waals surface area contributed by atoms with Crippen LogP contribution in [0.2, 0.25) is 0 Å². The molecule has 0 saturated heterocycles. The maximum Gasteiger partial charge on any atom is 0.306 e. The van der Waals surface area contributed by atoms with Crippen LogP contribution < -0.4 is 0 Å². The van der Waals surface area contributed by atoms with Crippen molar-refractivity contribution < 1.29 is 9.53 Å². The molecule has 0 aliphatic carbocycles. The first-order chi connectivity index (χ1) is 23.1. The molecule has 0 N–H and O–H groups in total. The van der Waals surface area contributed by atoms with E-state index in [2.05, 4.69) is 81.5 Å². The maximum atomic E-state index is 12.6. The van der Waals surface area contributed by atoms with Crippen molar-refractivity contribution >= 4 is 5.97 Å². The van der Waals surface area contributed by atoms with Crippen molar-refractivity contribution in [2.45, 2.75) is 206 Å². The third-order valence-electron chi connectivity index (χ3n) is 8.99. The van der Waals surface area contributed by atoms with Crippen molar-refractivity contribution in [1.29, 1.82) is 0 Å². The lowest BCUT2D eigenvalue weighted by molar-refractivity contribution is -0.150. The summed E-state index contributed by atoms with van der Waals surface area (Å²) in [4.78, 5) is 14.8. The minimum atomic E-state index is 0.0221. The number of esters is 1. The molecule has 0 bridgehead atoms. The Morgan fingerprint density at radius 3 is 1.28 bits per heavy atom. The van der Waals surface area contributed by atoms with Crippen LogP contribution in [0.3, 0.4) is 0 Å². The Morgan fingerprint density at radius 1 is 0.489 bits per heavy atom. The second-order valence-electron chi connectivity index (χ2n) is 14.1. The van der Waals surface area contributed by atoms with Gasteiger partial charge in [-0.25, -0.2) is 0 Å². The van der Waals surface area contributed by atoms with Crippen molar-refractivity contribution in [2.24, 2.45) is 0 Å². The quantitative estimate of drug-likeness (QED) is 0.0382.